The van der Waals surface area contributed by atoms with Crippen LogP contribution in [0.1, 0.15) is 18.4 Å². The molecule has 1 aromatic rings. The number of hydrogen-bond donors (Lipinski definition) is 1. The summed E-state index contributed by atoms with van der Waals surface area (Å²) in [5.74, 6) is 0. The lowest BCUT2D eigenvalue weighted by atomic mass is 10.1. The summed E-state index contributed by atoms with van der Waals surface area (Å²) in [6.07, 6.45) is 4.62. The summed E-state index contributed by atoms with van der Waals surface area (Å²) in [6.45, 7) is 2.19. The van der Waals surface area contributed by atoms with Crippen LogP contribution < -0.4 is 4.90 Å². The molecule has 94 valence electrons. The zero-order chi connectivity index (χ0) is 12.3. The summed E-state index contributed by atoms with van der Waals surface area (Å²) in [7, 11) is 0. The number of benzene rings is 1. The fraction of sp³-hybridized carbons (Fsp3) is 0.538. The van der Waals surface area contributed by atoms with Crippen molar-refractivity contribution in [1.82, 2.24) is 0 Å². The van der Waals surface area contributed by atoms with E-state index in [9.17, 15) is 5.11 Å². The molecule has 0 amide bonds. The minimum Gasteiger partial charge on any atom is -0.392 e. The van der Waals surface area contributed by atoms with E-state index in [0.717, 1.165) is 29.6 Å². The molecule has 1 N–H and O–H groups in total. The van der Waals surface area contributed by atoms with Crippen LogP contribution in [0.25, 0.3) is 0 Å². The second-order valence-corrected chi connectivity index (χ2v) is 5.93. The molecule has 0 unspecified atom stereocenters. The zero-order valence-corrected chi connectivity index (χ0v) is 11.6. The van der Waals surface area contributed by atoms with Crippen LogP contribution >= 0.6 is 23.4 Å². The molecular weight excluding hydrogens is 254 g/mol. The lowest BCUT2D eigenvalue weighted by Gasteiger charge is -2.34. The average molecular weight is 272 g/mol. The average Bonchev–Trinajstić information content (AvgIpc) is 2.39. The number of aliphatic hydroxyl groups excluding tert-OH is 1. The molecule has 0 bridgehead atoms. The quantitative estimate of drug-likeness (QED) is 0.914. The maximum absolute atomic E-state index is 9.38. The first-order chi connectivity index (χ1) is 8.24. The van der Waals surface area contributed by atoms with Gasteiger partial charge >= 0.3 is 0 Å². The zero-order valence-electron chi connectivity index (χ0n) is 10.0. The van der Waals surface area contributed by atoms with Crippen molar-refractivity contribution in [3.63, 3.8) is 0 Å². The third kappa shape index (κ3) is 3.09. The summed E-state index contributed by atoms with van der Waals surface area (Å²) >= 11 is 7.91. The van der Waals surface area contributed by atoms with Gasteiger partial charge in [-0.15, -0.1) is 0 Å². The number of anilines is 1. The maximum Gasteiger partial charge on any atom is 0.0702 e. The number of hydrogen-bond acceptors (Lipinski definition) is 3. The number of thioether (sulfide) groups is 1. The van der Waals surface area contributed by atoms with Crippen molar-refractivity contribution in [2.45, 2.75) is 24.7 Å². The van der Waals surface area contributed by atoms with Crippen LogP contribution in [0, 0.1) is 0 Å². The Balaban J connectivity index is 2.12. The molecule has 17 heavy (non-hydrogen) atoms. The molecule has 1 heterocycles. The van der Waals surface area contributed by atoms with Gasteiger partial charge in [-0.05, 0) is 37.3 Å². The van der Waals surface area contributed by atoms with Crippen LogP contribution in [0.15, 0.2) is 18.2 Å². The van der Waals surface area contributed by atoms with E-state index in [1.165, 1.54) is 12.8 Å². The van der Waals surface area contributed by atoms with E-state index >= 15 is 0 Å². The van der Waals surface area contributed by atoms with Crippen molar-refractivity contribution >= 4 is 29.1 Å². The molecule has 1 aliphatic heterocycles. The van der Waals surface area contributed by atoms with E-state index in [4.69, 9.17) is 11.6 Å². The van der Waals surface area contributed by atoms with Crippen LogP contribution in [-0.4, -0.2) is 29.7 Å². The van der Waals surface area contributed by atoms with Gasteiger partial charge in [-0.1, -0.05) is 11.6 Å². The Labute approximate surface area is 112 Å². The molecule has 1 aliphatic rings. The van der Waals surface area contributed by atoms with Crippen molar-refractivity contribution in [2.75, 3.05) is 24.2 Å². The Morgan fingerprint density at radius 2 is 2.12 bits per heavy atom. The van der Waals surface area contributed by atoms with E-state index in [-0.39, 0.29) is 6.61 Å². The Hall–Kier alpha value is -0.380. The first-order valence-electron chi connectivity index (χ1n) is 5.91. The highest BCUT2D eigenvalue weighted by Crippen LogP contribution is 2.29. The third-order valence-electron chi connectivity index (χ3n) is 3.33. The SMILES string of the molecule is CSC1CCN(c2ccc(Cl)cc2CO)CC1. The summed E-state index contributed by atoms with van der Waals surface area (Å²) in [4.78, 5) is 2.36. The van der Waals surface area contributed by atoms with Crippen LogP contribution in [0.4, 0.5) is 5.69 Å². The van der Waals surface area contributed by atoms with Crippen molar-refractivity contribution in [3.8, 4) is 0 Å². The fourth-order valence-corrected chi connectivity index (χ4v) is 3.20. The first kappa shape index (κ1) is 13.1. The highest BCUT2D eigenvalue weighted by Gasteiger charge is 2.20. The van der Waals surface area contributed by atoms with Crippen molar-refractivity contribution < 1.29 is 5.11 Å². The van der Waals surface area contributed by atoms with Crippen LogP contribution in [-0.2, 0) is 6.61 Å². The van der Waals surface area contributed by atoms with Gasteiger partial charge in [0.1, 0.15) is 0 Å². The molecule has 0 radical (unpaired) electrons. The van der Waals surface area contributed by atoms with Crippen molar-refractivity contribution in [1.29, 1.82) is 0 Å². The summed E-state index contributed by atoms with van der Waals surface area (Å²) in [5.41, 5.74) is 2.07. The minimum atomic E-state index is 0.0539. The topological polar surface area (TPSA) is 23.5 Å². The molecule has 1 fully saturated rings. The van der Waals surface area contributed by atoms with Crippen molar-refractivity contribution in [3.05, 3.63) is 28.8 Å². The number of halogens is 1. The molecular formula is C13H18ClNOS. The second-order valence-electron chi connectivity index (χ2n) is 4.35. The molecule has 0 aromatic heterocycles. The van der Waals surface area contributed by atoms with Crippen LogP contribution in [0.5, 0.6) is 0 Å². The normalized spacial score (nSPS) is 17.5. The predicted octanol–water partition coefficient (Wildman–Crippen LogP) is 3.16. The van der Waals surface area contributed by atoms with Gasteiger partial charge in [0.05, 0.1) is 6.61 Å². The molecule has 1 aromatic carbocycles. The van der Waals surface area contributed by atoms with Crippen molar-refractivity contribution in [2.24, 2.45) is 0 Å². The third-order valence-corrected chi connectivity index (χ3v) is 4.70. The largest absolute Gasteiger partial charge is 0.392 e. The van der Waals surface area contributed by atoms with E-state index in [1.807, 2.05) is 30.0 Å². The van der Waals surface area contributed by atoms with E-state index < -0.39 is 0 Å². The molecule has 4 heteroatoms. The fourth-order valence-electron chi connectivity index (χ4n) is 2.32. The molecule has 0 atom stereocenters. The van der Waals surface area contributed by atoms with Crippen LogP contribution in [0.3, 0.4) is 0 Å². The smallest absolute Gasteiger partial charge is 0.0702 e. The van der Waals surface area contributed by atoms with Crippen LogP contribution in [0.2, 0.25) is 5.02 Å². The predicted molar refractivity (Wildman–Crippen MR) is 76.1 cm³/mol. The van der Waals surface area contributed by atoms with E-state index in [2.05, 4.69) is 11.2 Å². The van der Waals surface area contributed by atoms with Gasteiger partial charge in [0.2, 0.25) is 0 Å². The molecule has 2 rings (SSSR count). The number of rotatable bonds is 3. The minimum absolute atomic E-state index is 0.0539. The lowest BCUT2D eigenvalue weighted by molar-refractivity contribution is 0.282. The highest BCUT2D eigenvalue weighted by molar-refractivity contribution is 7.99. The Kier molecular flexibility index (Phi) is 4.60. The summed E-state index contributed by atoms with van der Waals surface area (Å²) in [5, 5.41) is 10.9. The standard InChI is InChI=1S/C13H18ClNOS/c1-17-12-4-6-15(7-5-12)13-3-2-11(14)8-10(13)9-16/h2-3,8,12,16H,4-7,9H2,1H3. The van der Waals surface area contributed by atoms with Gasteiger partial charge in [-0.25, -0.2) is 0 Å². The maximum atomic E-state index is 9.38. The second kappa shape index (κ2) is 5.98. The monoisotopic (exact) mass is 271 g/mol. The summed E-state index contributed by atoms with van der Waals surface area (Å²) in [6, 6.07) is 5.78. The van der Waals surface area contributed by atoms with Gasteiger partial charge in [-0.3, -0.25) is 0 Å². The van der Waals surface area contributed by atoms with E-state index in [1.54, 1.807) is 0 Å². The van der Waals surface area contributed by atoms with Gasteiger partial charge in [0.25, 0.3) is 0 Å². The number of aliphatic hydroxyl groups is 1. The number of piperidine rings is 1. The Morgan fingerprint density at radius 1 is 1.41 bits per heavy atom. The Morgan fingerprint density at radius 3 is 2.71 bits per heavy atom. The highest BCUT2D eigenvalue weighted by atomic mass is 35.5. The van der Waals surface area contributed by atoms with Gasteiger partial charge < -0.3 is 10.0 Å². The summed E-state index contributed by atoms with van der Waals surface area (Å²) < 4.78 is 0. The molecule has 0 aliphatic carbocycles. The molecule has 0 spiro atoms. The number of nitrogens with zero attached hydrogens (tertiary/aromatic N) is 1. The van der Waals surface area contributed by atoms with Gasteiger partial charge in [0, 0.05) is 34.6 Å². The lowest BCUT2D eigenvalue weighted by Crippen LogP contribution is -2.35. The first-order valence-corrected chi connectivity index (χ1v) is 7.58. The van der Waals surface area contributed by atoms with E-state index in [0.29, 0.717) is 5.02 Å². The molecule has 1 saturated heterocycles. The van der Waals surface area contributed by atoms with Gasteiger partial charge in [-0.2, -0.15) is 11.8 Å². The van der Waals surface area contributed by atoms with Gasteiger partial charge in [0.15, 0.2) is 0 Å². The molecule has 0 saturated carbocycles. The molecule has 2 nitrogen and oxygen atoms in total. The Bertz CT molecular complexity index is 378.